The van der Waals surface area contributed by atoms with E-state index in [0.717, 1.165) is 38.5 Å². The average molecular weight is 366 g/mol. The molecule has 2 rings (SSSR count). The van der Waals surface area contributed by atoms with Gasteiger partial charge in [-0.1, -0.05) is 30.8 Å². The molecule has 0 bridgehead atoms. The highest BCUT2D eigenvalue weighted by Crippen LogP contribution is 2.34. The zero-order valence-corrected chi connectivity index (χ0v) is 15.0. The molecule has 26 heavy (non-hydrogen) atoms. The molecule has 1 fully saturated rings. The van der Waals surface area contributed by atoms with Gasteiger partial charge in [0.25, 0.3) is 0 Å². The summed E-state index contributed by atoms with van der Waals surface area (Å²) in [5, 5.41) is 18.2. The number of carbonyl (C=O) groups is 3. The number of carbonyl (C=O) groups excluding carboxylic acids is 2. The van der Waals surface area contributed by atoms with Crippen LogP contribution in [-0.2, 0) is 26.3 Å². The van der Waals surface area contributed by atoms with E-state index in [9.17, 15) is 14.4 Å². The number of aromatic nitrogens is 2. The molecule has 1 aliphatic rings. The molecule has 0 aromatic carbocycles. The van der Waals surface area contributed by atoms with Crippen molar-refractivity contribution in [2.75, 3.05) is 6.54 Å². The number of hydrogen-bond acceptors (Lipinski definition) is 6. The van der Waals surface area contributed by atoms with E-state index in [-0.39, 0.29) is 37.6 Å². The Kier molecular flexibility index (Phi) is 7.11. The molecule has 0 spiro atoms. The van der Waals surface area contributed by atoms with E-state index in [1.165, 1.54) is 6.92 Å². The molecule has 1 aromatic heterocycles. The van der Waals surface area contributed by atoms with Crippen molar-refractivity contribution in [1.82, 2.24) is 20.8 Å². The predicted octanol–water partition coefficient (Wildman–Crippen LogP) is 1.28. The molecule has 9 nitrogen and oxygen atoms in total. The van der Waals surface area contributed by atoms with E-state index in [0.29, 0.717) is 11.7 Å². The fourth-order valence-corrected chi connectivity index (χ4v) is 3.24. The Labute approximate surface area is 151 Å². The molecule has 9 heteroatoms. The third kappa shape index (κ3) is 5.82. The molecule has 0 radical (unpaired) electrons. The highest BCUT2D eigenvalue weighted by atomic mass is 16.5. The summed E-state index contributed by atoms with van der Waals surface area (Å²) in [7, 11) is 0. The van der Waals surface area contributed by atoms with Gasteiger partial charge in [0.2, 0.25) is 17.7 Å². The number of nitrogens with one attached hydrogen (secondary N) is 2. The van der Waals surface area contributed by atoms with Crippen molar-refractivity contribution in [2.45, 2.75) is 70.3 Å². The Hall–Kier alpha value is -2.45. The molecular weight excluding hydrogens is 340 g/mol. The maximum absolute atomic E-state index is 11.7. The molecule has 3 N–H and O–H groups in total. The van der Waals surface area contributed by atoms with Crippen molar-refractivity contribution in [3.63, 3.8) is 0 Å². The third-order valence-electron chi connectivity index (χ3n) is 4.50. The van der Waals surface area contributed by atoms with Crippen LogP contribution in [0.2, 0.25) is 0 Å². The number of rotatable bonds is 8. The van der Waals surface area contributed by atoms with Gasteiger partial charge in [0, 0.05) is 26.3 Å². The number of aryl methyl sites for hydroxylation is 1. The lowest BCUT2D eigenvalue weighted by Crippen LogP contribution is -2.45. The standard InChI is InChI=1S/C17H26N4O5/c1-12(22)20-17(9-4-2-3-5-10-17)16-19-14(26-21-16)7-6-13(23)18-11-8-15(24)25/h2-11H2,1H3,(H,18,23)(H,20,22)(H,24,25). The van der Waals surface area contributed by atoms with Crippen LogP contribution in [0.3, 0.4) is 0 Å². The fourth-order valence-electron chi connectivity index (χ4n) is 3.24. The predicted molar refractivity (Wildman–Crippen MR) is 91.1 cm³/mol. The van der Waals surface area contributed by atoms with Crippen LogP contribution in [0.15, 0.2) is 4.52 Å². The Bertz CT molecular complexity index is 635. The normalized spacial score (nSPS) is 16.5. The van der Waals surface area contributed by atoms with Crippen LogP contribution in [0.1, 0.15) is 70.0 Å². The van der Waals surface area contributed by atoms with Crippen LogP contribution in [-0.4, -0.2) is 39.6 Å². The van der Waals surface area contributed by atoms with Crippen molar-refractivity contribution >= 4 is 17.8 Å². The molecule has 1 aliphatic carbocycles. The van der Waals surface area contributed by atoms with E-state index in [1.54, 1.807) is 0 Å². The minimum absolute atomic E-state index is 0.0922. The maximum Gasteiger partial charge on any atom is 0.305 e. The van der Waals surface area contributed by atoms with Crippen LogP contribution in [0.4, 0.5) is 0 Å². The SMILES string of the molecule is CC(=O)NC1(c2noc(CCC(=O)NCCC(=O)O)n2)CCCCCC1. The first-order valence-electron chi connectivity index (χ1n) is 9.01. The van der Waals surface area contributed by atoms with Gasteiger partial charge in [-0.15, -0.1) is 0 Å². The molecule has 0 aliphatic heterocycles. The molecule has 1 aromatic rings. The second-order valence-electron chi connectivity index (χ2n) is 6.68. The van der Waals surface area contributed by atoms with Gasteiger partial charge in [-0.25, -0.2) is 0 Å². The maximum atomic E-state index is 11.7. The van der Waals surface area contributed by atoms with Gasteiger partial charge in [-0.05, 0) is 12.8 Å². The van der Waals surface area contributed by atoms with Crippen molar-refractivity contribution in [3.05, 3.63) is 11.7 Å². The molecule has 1 heterocycles. The summed E-state index contributed by atoms with van der Waals surface area (Å²) in [6.45, 7) is 1.57. The molecule has 1 saturated carbocycles. The van der Waals surface area contributed by atoms with Crippen LogP contribution in [0.25, 0.3) is 0 Å². The summed E-state index contributed by atoms with van der Waals surface area (Å²) in [5.41, 5.74) is -0.603. The monoisotopic (exact) mass is 366 g/mol. The zero-order chi connectivity index (χ0) is 19.0. The summed E-state index contributed by atoms with van der Waals surface area (Å²) in [6, 6.07) is 0. The van der Waals surface area contributed by atoms with E-state index in [4.69, 9.17) is 9.63 Å². The summed E-state index contributed by atoms with van der Waals surface area (Å²) in [6.07, 6.45) is 6.01. The molecular formula is C17H26N4O5. The van der Waals surface area contributed by atoms with E-state index < -0.39 is 11.5 Å². The van der Waals surface area contributed by atoms with Crippen LogP contribution < -0.4 is 10.6 Å². The van der Waals surface area contributed by atoms with Gasteiger partial charge in [0.05, 0.1) is 6.42 Å². The topological polar surface area (TPSA) is 134 Å². The number of nitrogens with zero attached hydrogens (tertiary/aromatic N) is 2. The quantitative estimate of drug-likeness (QED) is 0.590. The first-order valence-corrected chi connectivity index (χ1v) is 9.01. The van der Waals surface area contributed by atoms with Gasteiger partial charge in [-0.2, -0.15) is 4.98 Å². The van der Waals surface area contributed by atoms with Crippen molar-refractivity contribution < 1.29 is 24.0 Å². The van der Waals surface area contributed by atoms with E-state index in [1.807, 2.05) is 0 Å². The first kappa shape index (κ1) is 19.9. The molecule has 144 valence electrons. The van der Waals surface area contributed by atoms with Gasteiger partial charge < -0.3 is 20.3 Å². The Morgan fingerprint density at radius 3 is 2.46 bits per heavy atom. The molecule has 2 amide bonds. The number of aliphatic carboxylic acids is 1. The second-order valence-corrected chi connectivity index (χ2v) is 6.68. The van der Waals surface area contributed by atoms with Crippen molar-refractivity contribution in [1.29, 1.82) is 0 Å². The number of amides is 2. The van der Waals surface area contributed by atoms with Crippen LogP contribution in [0.5, 0.6) is 0 Å². The van der Waals surface area contributed by atoms with Crippen LogP contribution >= 0.6 is 0 Å². The first-order chi connectivity index (χ1) is 12.4. The van der Waals surface area contributed by atoms with Crippen LogP contribution in [0, 0.1) is 0 Å². The number of hydrogen-bond donors (Lipinski definition) is 3. The molecule has 0 saturated heterocycles. The summed E-state index contributed by atoms with van der Waals surface area (Å²) >= 11 is 0. The Balaban J connectivity index is 1.96. The van der Waals surface area contributed by atoms with Gasteiger partial charge in [-0.3, -0.25) is 14.4 Å². The third-order valence-corrected chi connectivity index (χ3v) is 4.50. The van der Waals surface area contributed by atoms with Gasteiger partial charge >= 0.3 is 5.97 Å². The zero-order valence-electron chi connectivity index (χ0n) is 15.0. The smallest absolute Gasteiger partial charge is 0.305 e. The number of carboxylic acid groups (broad SMARTS) is 1. The minimum Gasteiger partial charge on any atom is -0.481 e. The Morgan fingerprint density at radius 1 is 1.15 bits per heavy atom. The lowest BCUT2D eigenvalue weighted by atomic mass is 9.89. The van der Waals surface area contributed by atoms with Crippen molar-refractivity contribution in [2.24, 2.45) is 0 Å². The fraction of sp³-hybridized carbons (Fsp3) is 0.706. The second kappa shape index (κ2) is 9.30. The summed E-state index contributed by atoms with van der Waals surface area (Å²) < 4.78 is 5.27. The highest BCUT2D eigenvalue weighted by molar-refractivity contribution is 5.76. The largest absolute Gasteiger partial charge is 0.481 e. The van der Waals surface area contributed by atoms with Gasteiger partial charge in [0.15, 0.2) is 5.82 Å². The lowest BCUT2D eigenvalue weighted by molar-refractivity contribution is -0.137. The number of carboxylic acids is 1. The van der Waals surface area contributed by atoms with E-state index in [2.05, 4.69) is 20.8 Å². The summed E-state index contributed by atoms with van der Waals surface area (Å²) in [5.74, 6) is -0.551. The van der Waals surface area contributed by atoms with E-state index >= 15 is 0 Å². The van der Waals surface area contributed by atoms with Crippen molar-refractivity contribution in [3.8, 4) is 0 Å². The molecule has 0 atom stereocenters. The average Bonchev–Trinajstić information content (AvgIpc) is 2.93. The summed E-state index contributed by atoms with van der Waals surface area (Å²) in [4.78, 5) is 38.2. The molecule has 0 unspecified atom stereocenters. The van der Waals surface area contributed by atoms with Gasteiger partial charge in [0.1, 0.15) is 5.54 Å². The highest BCUT2D eigenvalue weighted by Gasteiger charge is 2.38. The minimum atomic E-state index is -0.960. The Morgan fingerprint density at radius 2 is 1.85 bits per heavy atom. The lowest BCUT2D eigenvalue weighted by Gasteiger charge is -2.30.